The Morgan fingerprint density at radius 2 is 1.95 bits per heavy atom. The molecule has 4 nitrogen and oxygen atoms in total. The molecule has 0 saturated carbocycles. The molecule has 1 aromatic rings. The molecule has 1 N–H and O–H groups in total. The topological polar surface area (TPSA) is 63.2 Å². The maximum Gasteiger partial charge on any atom is 0.255 e. The third-order valence-electron chi connectivity index (χ3n) is 3.08. The number of hydrogen-bond acceptors (Lipinski definition) is 3. The van der Waals surface area contributed by atoms with Gasteiger partial charge >= 0.3 is 0 Å². The zero-order chi connectivity index (χ0) is 14.0. The minimum absolute atomic E-state index is 0.0454. The highest BCUT2D eigenvalue weighted by Gasteiger charge is 2.26. The predicted octanol–water partition coefficient (Wildman–Crippen LogP) is 1.90. The SMILES string of the molecule is O=C(NC1CCS(=O)(=O)CC1)c1c(F)cccc1Br. The largest absolute Gasteiger partial charge is 0.349 e. The summed E-state index contributed by atoms with van der Waals surface area (Å²) in [7, 11) is -2.97. The number of amides is 1. The number of carbonyl (C=O) groups excluding carboxylic acids is 1. The van der Waals surface area contributed by atoms with E-state index < -0.39 is 21.6 Å². The van der Waals surface area contributed by atoms with Crippen molar-refractivity contribution in [1.29, 1.82) is 0 Å². The summed E-state index contributed by atoms with van der Waals surface area (Å²) in [6, 6.07) is 4.08. The van der Waals surface area contributed by atoms with Gasteiger partial charge in [-0.15, -0.1) is 0 Å². The maximum atomic E-state index is 13.6. The first kappa shape index (κ1) is 14.5. The van der Waals surface area contributed by atoms with Crippen LogP contribution in [0.4, 0.5) is 4.39 Å². The lowest BCUT2D eigenvalue weighted by Crippen LogP contribution is -2.41. The Hall–Kier alpha value is -0.950. The molecule has 0 radical (unpaired) electrons. The average molecular weight is 350 g/mol. The summed E-state index contributed by atoms with van der Waals surface area (Å²) < 4.78 is 36.5. The second kappa shape index (κ2) is 5.58. The quantitative estimate of drug-likeness (QED) is 0.886. The zero-order valence-corrected chi connectivity index (χ0v) is 12.4. The monoisotopic (exact) mass is 349 g/mol. The highest BCUT2D eigenvalue weighted by molar-refractivity contribution is 9.10. The zero-order valence-electron chi connectivity index (χ0n) is 10.0. The first-order valence-corrected chi connectivity index (χ1v) is 8.46. The van der Waals surface area contributed by atoms with Crippen LogP contribution in [0.15, 0.2) is 22.7 Å². The molecule has 19 heavy (non-hydrogen) atoms. The van der Waals surface area contributed by atoms with Gasteiger partial charge in [0.1, 0.15) is 15.7 Å². The lowest BCUT2D eigenvalue weighted by Gasteiger charge is -2.23. The Bertz CT molecular complexity index is 569. The van der Waals surface area contributed by atoms with Crippen molar-refractivity contribution >= 4 is 31.7 Å². The Morgan fingerprint density at radius 3 is 2.53 bits per heavy atom. The molecule has 0 unspecified atom stereocenters. The Kier molecular flexibility index (Phi) is 4.25. The van der Waals surface area contributed by atoms with E-state index in [2.05, 4.69) is 21.2 Å². The third kappa shape index (κ3) is 3.54. The van der Waals surface area contributed by atoms with Crippen molar-refractivity contribution < 1.29 is 17.6 Å². The molecule has 1 aromatic carbocycles. The van der Waals surface area contributed by atoms with E-state index in [1.165, 1.54) is 12.1 Å². The van der Waals surface area contributed by atoms with E-state index in [1.807, 2.05) is 0 Å². The van der Waals surface area contributed by atoms with Gasteiger partial charge in [-0.1, -0.05) is 6.07 Å². The molecule has 0 aromatic heterocycles. The highest BCUT2D eigenvalue weighted by Crippen LogP contribution is 2.20. The van der Waals surface area contributed by atoms with Crippen LogP contribution in [0.3, 0.4) is 0 Å². The van der Waals surface area contributed by atoms with Gasteiger partial charge in [-0.3, -0.25) is 4.79 Å². The fourth-order valence-corrected chi connectivity index (χ4v) is 4.02. The van der Waals surface area contributed by atoms with Crippen molar-refractivity contribution in [2.24, 2.45) is 0 Å². The summed E-state index contributed by atoms with van der Waals surface area (Å²) in [6.45, 7) is 0. The molecular formula is C12H13BrFNO3S. The van der Waals surface area contributed by atoms with Gasteiger partial charge in [-0.05, 0) is 40.9 Å². The van der Waals surface area contributed by atoms with Crippen molar-refractivity contribution in [2.45, 2.75) is 18.9 Å². The Labute approximate surface area is 119 Å². The van der Waals surface area contributed by atoms with Crippen LogP contribution in [0.5, 0.6) is 0 Å². The van der Waals surface area contributed by atoms with Gasteiger partial charge in [0.15, 0.2) is 0 Å². The van der Waals surface area contributed by atoms with E-state index in [4.69, 9.17) is 0 Å². The fraction of sp³-hybridized carbons (Fsp3) is 0.417. The third-order valence-corrected chi connectivity index (χ3v) is 5.46. The van der Waals surface area contributed by atoms with E-state index in [0.717, 1.165) is 0 Å². The molecule has 0 bridgehead atoms. The van der Waals surface area contributed by atoms with E-state index >= 15 is 0 Å². The normalized spacial score (nSPS) is 19.1. The van der Waals surface area contributed by atoms with Crippen LogP contribution in [0.2, 0.25) is 0 Å². The lowest BCUT2D eigenvalue weighted by atomic mass is 10.1. The molecule has 1 saturated heterocycles. The smallest absolute Gasteiger partial charge is 0.255 e. The highest BCUT2D eigenvalue weighted by atomic mass is 79.9. The van der Waals surface area contributed by atoms with Crippen LogP contribution >= 0.6 is 15.9 Å². The molecule has 0 atom stereocenters. The van der Waals surface area contributed by atoms with Crippen molar-refractivity contribution in [3.8, 4) is 0 Å². The molecule has 0 spiro atoms. The summed E-state index contributed by atoms with van der Waals surface area (Å²) in [5.74, 6) is -0.989. The second-order valence-electron chi connectivity index (χ2n) is 4.50. The van der Waals surface area contributed by atoms with E-state index in [9.17, 15) is 17.6 Å². The van der Waals surface area contributed by atoms with E-state index in [-0.39, 0.29) is 23.1 Å². The molecule has 2 rings (SSSR count). The van der Waals surface area contributed by atoms with Crippen LogP contribution in [0, 0.1) is 5.82 Å². The van der Waals surface area contributed by atoms with Gasteiger partial charge in [0.05, 0.1) is 17.1 Å². The Morgan fingerprint density at radius 1 is 1.32 bits per heavy atom. The minimum atomic E-state index is -2.97. The van der Waals surface area contributed by atoms with Gasteiger partial charge in [-0.25, -0.2) is 12.8 Å². The molecular weight excluding hydrogens is 337 g/mol. The van der Waals surface area contributed by atoms with Crippen molar-refractivity contribution in [1.82, 2.24) is 5.32 Å². The number of hydrogen-bond donors (Lipinski definition) is 1. The maximum absolute atomic E-state index is 13.6. The van der Waals surface area contributed by atoms with Crippen molar-refractivity contribution in [3.63, 3.8) is 0 Å². The lowest BCUT2D eigenvalue weighted by molar-refractivity contribution is 0.0929. The Balaban J connectivity index is 2.06. The van der Waals surface area contributed by atoms with Crippen molar-refractivity contribution in [3.05, 3.63) is 34.1 Å². The number of benzene rings is 1. The average Bonchev–Trinajstić information content (AvgIpc) is 2.32. The van der Waals surface area contributed by atoms with Gasteiger partial charge in [0.25, 0.3) is 5.91 Å². The van der Waals surface area contributed by atoms with Crippen LogP contribution in [0.1, 0.15) is 23.2 Å². The van der Waals surface area contributed by atoms with Crippen molar-refractivity contribution in [2.75, 3.05) is 11.5 Å². The summed E-state index contributed by atoms with van der Waals surface area (Å²) >= 11 is 3.13. The fourth-order valence-electron chi connectivity index (χ4n) is 2.01. The summed E-state index contributed by atoms with van der Waals surface area (Å²) in [4.78, 5) is 12.0. The molecule has 1 fully saturated rings. The first-order valence-electron chi connectivity index (χ1n) is 5.84. The number of halogens is 2. The molecule has 104 valence electrons. The van der Waals surface area contributed by atoms with Crippen LogP contribution in [-0.4, -0.2) is 31.9 Å². The number of carbonyl (C=O) groups is 1. The number of sulfone groups is 1. The predicted molar refractivity (Wildman–Crippen MR) is 73.2 cm³/mol. The van der Waals surface area contributed by atoms with E-state index in [0.29, 0.717) is 17.3 Å². The standard InChI is InChI=1S/C12H13BrFNO3S/c13-9-2-1-3-10(14)11(9)12(16)15-8-4-6-19(17,18)7-5-8/h1-3,8H,4-7H2,(H,15,16). The van der Waals surface area contributed by atoms with Gasteiger partial charge in [0.2, 0.25) is 0 Å². The molecule has 1 heterocycles. The van der Waals surface area contributed by atoms with Crippen LogP contribution in [-0.2, 0) is 9.84 Å². The minimum Gasteiger partial charge on any atom is -0.349 e. The van der Waals surface area contributed by atoms with Crippen LogP contribution < -0.4 is 5.32 Å². The second-order valence-corrected chi connectivity index (χ2v) is 7.65. The molecule has 0 aliphatic carbocycles. The first-order chi connectivity index (χ1) is 8.89. The summed E-state index contributed by atoms with van der Waals surface area (Å²) in [6.07, 6.45) is 0.750. The molecule has 7 heteroatoms. The van der Waals surface area contributed by atoms with Gasteiger partial charge in [-0.2, -0.15) is 0 Å². The molecule has 1 amide bonds. The number of rotatable bonds is 2. The molecule has 1 aliphatic rings. The molecule has 1 aliphatic heterocycles. The summed E-state index contributed by atoms with van der Waals surface area (Å²) in [5, 5.41) is 2.68. The number of nitrogens with one attached hydrogen (secondary N) is 1. The van der Waals surface area contributed by atoms with Gasteiger partial charge < -0.3 is 5.32 Å². The van der Waals surface area contributed by atoms with Gasteiger partial charge in [0, 0.05) is 10.5 Å². The van der Waals surface area contributed by atoms with Crippen LogP contribution in [0.25, 0.3) is 0 Å². The summed E-state index contributed by atoms with van der Waals surface area (Å²) in [5.41, 5.74) is -0.0454. The van der Waals surface area contributed by atoms with E-state index in [1.54, 1.807) is 6.07 Å².